The minimum atomic E-state index is 0.179. The summed E-state index contributed by atoms with van der Waals surface area (Å²) in [6.45, 7) is 6.12. The van der Waals surface area contributed by atoms with E-state index in [0.717, 1.165) is 32.5 Å². The molecule has 1 N–H and O–H groups in total. The second kappa shape index (κ2) is 7.84. The van der Waals surface area contributed by atoms with Crippen molar-refractivity contribution in [2.45, 2.75) is 51.1 Å². The Morgan fingerprint density at radius 2 is 1.90 bits per heavy atom. The van der Waals surface area contributed by atoms with Crippen molar-refractivity contribution in [2.24, 2.45) is 0 Å². The molecular weight excluding hydrogens is 254 g/mol. The van der Waals surface area contributed by atoms with Gasteiger partial charge in [0.15, 0.2) is 0 Å². The Bertz CT molecular complexity index is 297. The van der Waals surface area contributed by atoms with Gasteiger partial charge in [0.05, 0.1) is 13.2 Å². The first-order chi connectivity index (χ1) is 9.72. The van der Waals surface area contributed by atoms with Gasteiger partial charge in [0.25, 0.3) is 0 Å². The van der Waals surface area contributed by atoms with Gasteiger partial charge in [-0.1, -0.05) is 6.92 Å². The molecule has 5 nitrogen and oxygen atoms in total. The van der Waals surface area contributed by atoms with Crippen LogP contribution in [0.5, 0.6) is 0 Å². The number of hydrogen-bond acceptors (Lipinski definition) is 3. The van der Waals surface area contributed by atoms with Crippen molar-refractivity contribution in [3.8, 4) is 0 Å². The van der Waals surface area contributed by atoms with E-state index in [1.54, 1.807) is 0 Å². The van der Waals surface area contributed by atoms with Gasteiger partial charge in [-0.2, -0.15) is 0 Å². The summed E-state index contributed by atoms with van der Waals surface area (Å²) in [6, 6.07) is 1.24. The van der Waals surface area contributed by atoms with Gasteiger partial charge in [-0.05, 0) is 38.6 Å². The summed E-state index contributed by atoms with van der Waals surface area (Å²) in [5.74, 6) is 0. The maximum atomic E-state index is 12.4. The topological polar surface area (TPSA) is 44.8 Å². The van der Waals surface area contributed by atoms with Gasteiger partial charge < -0.3 is 19.9 Å². The van der Waals surface area contributed by atoms with Crippen LogP contribution in [-0.2, 0) is 4.74 Å². The minimum Gasteiger partial charge on any atom is -0.378 e. The van der Waals surface area contributed by atoms with Crippen molar-refractivity contribution >= 4 is 6.03 Å². The van der Waals surface area contributed by atoms with E-state index in [1.807, 2.05) is 16.8 Å². The SMILES string of the molecule is CCCNC1CCC(N(C)C(=O)N2CCOCC2)CC1. The summed E-state index contributed by atoms with van der Waals surface area (Å²) in [5.41, 5.74) is 0. The molecule has 0 atom stereocenters. The average Bonchev–Trinajstić information content (AvgIpc) is 2.53. The monoisotopic (exact) mass is 283 g/mol. The van der Waals surface area contributed by atoms with Crippen LogP contribution in [0.1, 0.15) is 39.0 Å². The highest BCUT2D eigenvalue weighted by molar-refractivity contribution is 5.74. The number of ether oxygens (including phenoxy) is 1. The highest BCUT2D eigenvalue weighted by Crippen LogP contribution is 2.23. The number of rotatable bonds is 4. The normalized spacial score (nSPS) is 27.4. The number of urea groups is 1. The van der Waals surface area contributed by atoms with Crippen molar-refractivity contribution in [3.63, 3.8) is 0 Å². The molecule has 1 aliphatic carbocycles. The van der Waals surface area contributed by atoms with Crippen LogP contribution in [0.3, 0.4) is 0 Å². The van der Waals surface area contributed by atoms with E-state index in [4.69, 9.17) is 4.74 Å². The van der Waals surface area contributed by atoms with E-state index in [-0.39, 0.29) is 6.03 Å². The molecular formula is C15H29N3O2. The second-order valence-corrected chi connectivity index (χ2v) is 5.95. The van der Waals surface area contributed by atoms with Crippen LogP contribution in [0, 0.1) is 0 Å². The Hall–Kier alpha value is -0.810. The summed E-state index contributed by atoms with van der Waals surface area (Å²) in [6.07, 6.45) is 5.80. The maximum absolute atomic E-state index is 12.4. The predicted octanol–water partition coefficient (Wildman–Crippen LogP) is 1.68. The molecule has 0 aromatic carbocycles. The second-order valence-electron chi connectivity index (χ2n) is 5.95. The van der Waals surface area contributed by atoms with Gasteiger partial charge in [-0.15, -0.1) is 0 Å². The minimum absolute atomic E-state index is 0.179. The summed E-state index contributed by atoms with van der Waals surface area (Å²) in [7, 11) is 1.96. The molecule has 0 aromatic heterocycles. The molecule has 20 heavy (non-hydrogen) atoms. The van der Waals surface area contributed by atoms with E-state index in [9.17, 15) is 4.79 Å². The van der Waals surface area contributed by atoms with Crippen molar-refractivity contribution in [1.82, 2.24) is 15.1 Å². The zero-order valence-corrected chi connectivity index (χ0v) is 12.9. The first-order valence-electron chi connectivity index (χ1n) is 8.05. The Kier molecular flexibility index (Phi) is 6.10. The van der Waals surface area contributed by atoms with Gasteiger partial charge in [0.1, 0.15) is 0 Å². The molecule has 0 radical (unpaired) electrons. The molecule has 2 fully saturated rings. The van der Waals surface area contributed by atoms with E-state index in [2.05, 4.69) is 12.2 Å². The summed E-state index contributed by atoms with van der Waals surface area (Å²) in [4.78, 5) is 16.3. The van der Waals surface area contributed by atoms with Crippen LogP contribution in [0.25, 0.3) is 0 Å². The van der Waals surface area contributed by atoms with E-state index in [0.29, 0.717) is 25.3 Å². The van der Waals surface area contributed by atoms with E-state index >= 15 is 0 Å². The van der Waals surface area contributed by atoms with Gasteiger partial charge >= 0.3 is 6.03 Å². The molecule has 0 aromatic rings. The molecule has 0 unspecified atom stereocenters. The fourth-order valence-electron chi connectivity index (χ4n) is 3.15. The summed E-state index contributed by atoms with van der Waals surface area (Å²) in [5, 5.41) is 3.59. The zero-order valence-electron chi connectivity index (χ0n) is 12.9. The first-order valence-corrected chi connectivity index (χ1v) is 8.05. The average molecular weight is 283 g/mol. The van der Waals surface area contributed by atoms with Gasteiger partial charge in [0, 0.05) is 32.2 Å². The van der Waals surface area contributed by atoms with E-state index < -0.39 is 0 Å². The van der Waals surface area contributed by atoms with Gasteiger partial charge in [-0.25, -0.2) is 4.79 Å². The van der Waals surface area contributed by atoms with Crippen LogP contribution < -0.4 is 5.32 Å². The van der Waals surface area contributed by atoms with Crippen molar-refractivity contribution < 1.29 is 9.53 Å². The fraction of sp³-hybridized carbons (Fsp3) is 0.933. The number of nitrogens with zero attached hydrogens (tertiary/aromatic N) is 2. The largest absolute Gasteiger partial charge is 0.378 e. The zero-order chi connectivity index (χ0) is 14.4. The third-order valence-electron chi connectivity index (χ3n) is 4.51. The smallest absolute Gasteiger partial charge is 0.320 e. The number of carbonyl (C=O) groups excluding carboxylic acids is 1. The number of carbonyl (C=O) groups is 1. The molecule has 1 aliphatic heterocycles. The quantitative estimate of drug-likeness (QED) is 0.854. The van der Waals surface area contributed by atoms with Gasteiger partial charge in [-0.3, -0.25) is 0 Å². The molecule has 2 rings (SSSR count). The van der Waals surface area contributed by atoms with Gasteiger partial charge in [0.2, 0.25) is 0 Å². The van der Waals surface area contributed by atoms with Crippen LogP contribution >= 0.6 is 0 Å². The van der Waals surface area contributed by atoms with Crippen molar-refractivity contribution in [2.75, 3.05) is 39.9 Å². The summed E-state index contributed by atoms with van der Waals surface area (Å²) >= 11 is 0. The number of hydrogen-bond donors (Lipinski definition) is 1. The lowest BCUT2D eigenvalue weighted by Crippen LogP contribution is -2.51. The number of nitrogens with one attached hydrogen (secondary N) is 1. The van der Waals surface area contributed by atoms with Crippen molar-refractivity contribution in [1.29, 1.82) is 0 Å². The molecule has 2 amide bonds. The van der Waals surface area contributed by atoms with Crippen LogP contribution in [0.15, 0.2) is 0 Å². The molecule has 0 spiro atoms. The molecule has 1 heterocycles. The predicted molar refractivity (Wildman–Crippen MR) is 79.9 cm³/mol. The molecule has 1 saturated carbocycles. The third-order valence-corrected chi connectivity index (χ3v) is 4.51. The Labute approximate surface area is 122 Å². The maximum Gasteiger partial charge on any atom is 0.320 e. The van der Waals surface area contributed by atoms with E-state index in [1.165, 1.54) is 19.3 Å². The molecule has 116 valence electrons. The molecule has 5 heteroatoms. The molecule has 2 aliphatic rings. The lowest BCUT2D eigenvalue weighted by atomic mass is 9.90. The third kappa shape index (κ3) is 4.09. The highest BCUT2D eigenvalue weighted by Gasteiger charge is 2.29. The highest BCUT2D eigenvalue weighted by atomic mass is 16.5. The standard InChI is InChI=1S/C15H29N3O2/c1-3-8-16-13-4-6-14(7-5-13)17(2)15(19)18-9-11-20-12-10-18/h13-14,16H,3-12H2,1-2H3. The van der Waals surface area contributed by atoms with Crippen LogP contribution in [-0.4, -0.2) is 67.8 Å². The lowest BCUT2D eigenvalue weighted by molar-refractivity contribution is 0.0398. The molecule has 0 bridgehead atoms. The molecule has 1 saturated heterocycles. The van der Waals surface area contributed by atoms with Crippen LogP contribution in [0.2, 0.25) is 0 Å². The number of morpholine rings is 1. The lowest BCUT2D eigenvalue weighted by Gasteiger charge is -2.38. The Morgan fingerprint density at radius 3 is 2.50 bits per heavy atom. The van der Waals surface area contributed by atoms with Crippen molar-refractivity contribution in [3.05, 3.63) is 0 Å². The number of amides is 2. The van der Waals surface area contributed by atoms with Crippen LogP contribution in [0.4, 0.5) is 4.79 Å². The Balaban J connectivity index is 1.75. The Morgan fingerprint density at radius 1 is 1.25 bits per heavy atom. The first kappa shape index (κ1) is 15.6. The summed E-state index contributed by atoms with van der Waals surface area (Å²) < 4.78 is 5.31. The fourth-order valence-corrected chi connectivity index (χ4v) is 3.15.